The number of hydrogen-bond acceptors (Lipinski definition) is 5. The van der Waals surface area contributed by atoms with Crippen LogP contribution in [0.4, 0.5) is 11.5 Å². The van der Waals surface area contributed by atoms with Crippen molar-refractivity contribution in [3.05, 3.63) is 52.7 Å². The minimum atomic E-state index is -0.488. The topological polar surface area (TPSA) is 77.2 Å². The number of anilines is 2. The zero-order chi connectivity index (χ0) is 14.5. The summed E-state index contributed by atoms with van der Waals surface area (Å²) in [5, 5.41) is 3.73. The molecule has 20 heavy (non-hydrogen) atoms. The molecule has 1 heterocycles. The van der Waals surface area contributed by atoms with Crippen molar-refractivity contribution >= 4 is 29.1 Å². The first-order valence-electron chi connectivity index (χ1n) is 5.92. The molecule has 0 unspecified atom stereocenters. The number of benzene rings is 1. The van der Waals surface area contributed by atoms with Gasteiger partial charge in [0.1, 0.15) is 11.4 Å². The number of hydrogen-bond donors (Lipinski definition) is 2. The third kappa shape index (κ3) is 3.39. The lowest BCUT2D eigenvalue weighted by Crippen LogP contribution is -2.10. The number of nitrogens with one attached hydrogen (secondary N) is 1. The van der Waals surface area contributed by atoms with Crippen LogP contribution in [0.25, 0.3) is 0 Å². The summed E-state index contributed by atoms with van der Waals surface area (Å²) in [6, 6.07) is 8.94. The molecule has 0 bridgehead atoms. The molecule has 2 aromatic rings. The Balaban J connectivity index is 2.19. The highest BCUT2D eigenvalue weighted by Gasteiger charge is 2.13. The largest absolute Gasteiger partial charge is 0.465 e. The maximum Gasteiger partial charge on any atom is 0.341 e. The molecule has 3 N–H and O–H groups in total. The summed E-state index contributed by atoms with van der Waals surface area (Å²) in [4.78, 5) is 15.8. The number of halogens is 1. The van der Waals surface area contributed by atoms with E-state index >= 15 is 0 Å². The summed E-state index contributed by atoms with van der Waals surface area (Å²) in [5.41, 5.74) is 7.31. The van der Waals surface area contributed by atoms with Gasteiger partial charge in [-0.2, -0.15) is 0 Å². The highest BCUT2D eigenvalue weighted by atomic mass is 35.5. The SMILES string of the molecule is COC(=O)c1cc(N)cnc1NCc1cccc(Cl)c1. The van der Waals surface area contributed by atoms with E-state index in [1.807, 2.05) is 18.2 Å². The lowest BCUT2D eigenvalue weighted by Gasteiger charge is -2.10. The molecular formula is C14H14ClN3O2. The lowest BCUT2D eigenvalue weighted by atomic mass is 10.2. The highest BCUT2D eigenvalue weighted by molar-refractivity contribution is 6.30. The molecule has 0 amide bonds. The fourth-order valence-corrected chi connectivity index (χ4v) is 1.93. The van der Waals surface area contributed by atoms with E-state index in [9.17, 15) is 4.79 Å². The second-order valence-corrected chi connectivity index (χ2v) is 4.58. The number of nitrogens with zero attached hydrogens (tertiary/aromatic N) is 1. The highest BCUT2D eigenvalue weighted by Crippen LogP contribution is 2.18. The van der Waals surface area contributed by atoms with E-state index in [1.54, 1.807) is 6.07 Å². The van der Waals surface area contributed by atoms with Gasteiger partial charge in [-0.15, -0.1) is 0 Å². The molecular weight excluding hydrogens is 278 g/mol. The van der Waals surface area contributed by atoms with Crippen molar-refractivity contribution in [1.29, 1.82) is 0 Å². The molecule has 0 aliphatic carbocycles. The third-order valence-electron chi connectivity index (χ3n) is 2.66. The monoisotopic (exact) mass is 291 g/mol. The first-order valence-corrected chi connectivity index (χ1v) is 6.30. The van der Waals surface area contributed by atoms with Crippen LogP contribution in [0.2, 0.25) is 5.02 Å². The number of esters is 1. The molecule has 0 aliphatic heterocycles. The van der Waals surface area contributed by atoms with Gasteiger partial charge in [-0.05, 0) is 23.8 Å². The quantitative estimate of drug-likeness (QED) is 0.847. The van der Waals surface area contributed by atoms with E-state index < -0.39 is 5.97 Å². The molecule has 6 heteroatoms. The summed E-state index contributed by atoms with van der Waals surface area (Å²) in [6.07, 6.45) is 1.48. The predicted octanol–water partition coefficient (Wildman–Crippen LogP) is 2.72. The molecule has 104 valence electrons. The Kier molecular flexibility index (Phi) is 4.42. The predicted molar refractivity (Wildman–Crippen MR) is 78.8 cm³/mol. The van der Waals surface area contributed by atoms with Gasteiger partial charge in [-0.3, -0.25) is 0 Å². The lowest BCUT2D eigenvalue weighted by molar-refractivity contribution is 0.0601. The van der Waals surface area contributed by atoms with Crippen LogP contribution in [-0.2, 0) is 11.3 Å². The minimum absolute atomic E-state index is 0.300. The van der Waals surface area contributed by atoms with Crippen molar-refractivity contribution in [3.8, 4) is 0 Å². The number of aromatic nitrogens is 1. The number of pyridine rings is 1. The van der Waals surface area contributed by atoms with Gasteiger partial charge in [0.15, 0.2) is 0 Å². The maximum atomic E-state index is 11.7. The number of methoxy groups -OCH3 is 1. The summed E-state index contributed by atoms with van der Waals surface area (Å²) in [6.45, 7) is 0.488. The van der Waals surface area contributed by atoms with Gasteiger partial charge >= 0.3 is 5.97 Å². The molecule has 0 saturated heterocycles. The normalized spacial score (nSPS) is 10.1. The molecule has 0 fully saturated rings. The average Bonchev–Trinajstić information content (AvgIpc) is 2.45. The second-order valence-electron chi connectivity index (χ2n) is 4.14. The standard InChI is InChI=1S/C14H14ClN3O2/c1-20-14(19)12-6-11(16)8-18-13(12)17-7-9-3-2-4-10(15)5-9/h2-6,8H,7,16H2,1H3,(H,17,18). The van der Waals surface area contributed by atoms with Crippen LogP contribution in [0.15, 0.2) is 36.5 Å². The van der Waals surface area contributed by atoms with Gasteiger partial charge in [0, 0.05) is 11.6 Å². The molecule has 5 nitrogen and oxygen atoms in total. The Morgan fingerprint density at radius 3 is 2.95 bits per heavy atom. The van der Waals surface area contributed by atoms with Crippen molar-refractivity contribution in [2.24, 2.45) is 0 Å². The van der Waals surface area contributed by atoms with Crippen LogP contribution >= 0.6 is 11.6 Å². The summed E-state index contributed by atoms with van der Waals surface area (Å²) < 4.78 is 4.71. The average molecular weight is 292 g/mol. The molecule has 1 aromatic carbocycles. The number of nitrogen functional groups attached to an aromatic ring is 1. The van der Waals surface area contributed by atoms with E-state index in [0.717, 1.165) is 5.56 Å². The Morgan fingerprint density at radius 2 is 2.25 bits per heavy atom. The van der Waals surface area contributed by atoms with E-state index in [1.165, 1.54) is 19.4 Å². The minimum Gasteiger partial charge on any atom is -0.465 e. The van der Waals surface area contributed by atoms with Crippen molar-refractivity contribution in [3.63, 3.8) is 0 Å². The van der Waals surface area contributed by atoms with Crippen molar-refractivity contribution < 1.29 is 9.53 Å². The van der Waals surface area contributed by atoms with Crippen LogP contribution in [0.5, 0.6) is 0 Å². The first-order chi connectivity index (χ1) is 9.60. The fourth-order valence-electron chi connectivity index (χ4n) is 1.72. The van der Waals surface area contributed by atoms with E-state index in [2.05, 4.69) is 10.3 Å². The first kappa shape index (κ1) is 14.1. The van der Waals surface area contributed by atoms with Crippen molar-refractivity contribution in [1.82, 2.24) is 4.98 Å². The Morgan fingerprint density at radius 1 is 1.45 bits per heavy atom. The van der Waals surface area contributed by atoms with E-state index in [-0.39, 0.29) is 0 Å². The van der Waals surface area contributed by atoms with Gasteiger partial charge in [-0.1, -0.05) is 23.7 Å². The molecule has 2 rings (SSSR count). The van der Waals surface area contributed by atoms with Crippen LogP contribution < -0.4 is 11.1 Å². The number of ether oxygens (including phenoxy) is 1. The number of carbonyl (C=O) groups excluding carboxylic acids is 1. The molecule has 0 spiro atoms. The van der Waals surface area contributed by atoms with Crippen LogP contribution in [0.3, 0.4) is 0 Å². The number of nitrogens with two attached hydrogens (primary N) is 1. The number of carbonyl (C=O) groups is 1. The van der Waals surface area contributed by atoms with E-state index in [0.29, 0.717) is 28.6 Å². The molecule has 0 aliphatic rings. The zero-order valence-electron chi connectivity index (χ0n) is 10.9. The molecule has 1 aromatic heterocycles. The Hall–Kier alpha value is -2.27. The fraction of sp³-hybridized carbons (Fsp3) is 0.143. The van der Waals surface area contributed by atoms with Gasteiger partial charge in [0.2, 0.25) is 0 Å². The summed E-state index contributed by atoms with van der Waals surface area (Å²) in [5.74, 6) is -0.0654. The molecule has 0 saturated carbocycles. The molecule has 0 atom stereocenters. The number of rotatable bonds is 4. The summed E-state index contributed by atoms with van der Waals surface area (Å²) in [7, 11) is 1.31. The third-order valence-corrected chi connectivity index (χ3v) is 2.90. The van der Waals surface area contributed by atoms with Crippen molar-refractivity contribution in [2.75, 3.05) is 18.2 Å². The van der Waals surface area contributed by atoms with Crippen LogP contribution in [0.1, 0.15) is 15.9 Å². The molecule has 0 radical (unpaired) electrons. The Labute approximate surface area is 121 Å². The smallest absolute Gasteiger partial charge is 0.341 e. The van der Waals surface area contributed by atoms with Crippen molar-refractivity contribution in [2.45, 2.75) is 6.54 Å². The van der Waals surface area contributed by atoms with Gasteiger partial charge in [0.25, 0.3) is 0 Å². The van der Waals surface area contributed by atoms with E-state index in [4.69, 9.17) is 22.1 Å². The van der Waals surface area contributed by atoms with Gasteiger partial charge in [0.05, 0.1) is 19.0 Å². The van der Waals surface area contributed by atoms with Gasteiger partial charge < -0.3 is 15.8 Å². The van der Waals surface area contributed by atoms with Gasteiger partial charge in [-0.25, -0.2) is 9.78 Å². The second kappa shape index (κ2) is 6.25. The Bertz CT molecular complexity index is 632. The van der Waals surface area contributed by atoms with Crippen LogP contribution in [-0.4, -0.2) is 18.1 Å². The maximum absolute atomic E-state index is 11.7. The van der Waals surface area contributed by atoms with Crippen LogP contribution in [0, 0.1) is 0 Å². The zero-order valence-corrected chi connectivity index (χ0v) is 11.6. The summed E-state index contributed by atoms with van der Waals surface area (Å²) >= 11 is 5.92.